The largest absolute Gasteiger partial charge is 0.387 e. The fraction of sp³-hybridized carbons (Fsp3) is 0.235. The van der Waals surface area contributed by atoms with Gasteiger partial charge < -0.3 is 9.67 Å². The Kier molecular flexibility index (Phi) is 3.71. The van der Waals surface area contributed by atoms with Gasteiger partial charge in [0.25, 0.3) is 0 Å². The van der Waals surface area contributed by atoms with Gasteiger partial charge in [-0.2, -0.15) is 0 Å². The van der Waals surface area contributed by atoms with Crippen LogP contribution in [0.25, 0.3) is 11.0 Å². The molecule has 3 nitrogen and oxygen atoms in total. The van der Waals surface area contributed by atoms with Crippen LogP contribution in [0.1, 0.15) is 24.4 Å². The molecule has 0 fully saturated rings. The number of fused-ring (bicyclic) bond motifs is 1. The lowest BCUT2D eigenvalue weighted by atomic mass is 10.1. The lowest BCUT2D eigenvalue weighted by Crippen LogP contribution is -2.11. The first-order valence-electron chi connectivity index (χ1n) is 7.06. The average molecular weight is 284 g/mol. The van der Waals surface area contributed by atoms with E-state index in [9.17, 15) is 9.50 Å². The molecule has 0 unspecified atom stereocenters. The summed E-state index contributed by atoms with van der Waals surface area (Å²) in [7, 11) is 0. The van der Waals surface area contributed by atoms with Crippen LogP contribution in [0.4, 0.5) is 4.39 Å². The molecule has 0 aliphatic heterocycles. The van der Waals surface area contributed by atoms with Crippen molar-refractivity contribution >= 4 is 11.0 Å². The quantitative estimate of drug-likeness (QED) is 0.796. The summed E-state index contributed by atoms with van der Waals surface area (Å²) in [5.41, 5.74) is 2.65. The van der Waals surface area contributed by atoms with Gasteiger partial charge in [-0.05, 0) is 29.8 Å². The highest BCUT2D eigenvalue weighted by molar-refractivity contribution is 5.75. The van der Waals surface area contributed by atoms with Crippen LogP contribution in [0.15, 0.2) is 48.5 Å². The molecule has 0 saturated heterocycles. The minimum atomic E-state index is -0.687. The van der Waals surface area contributed by atoms with Gasteiger partial charge in [0.05, 0.1) is 23.7 Å². The van der Waals surface area contributed by atoms with Gasteiger partial charge >= 0.3 is 0 Å². The van der Waals surface area contributed by atoms with Gasteiger partial charge in [-0.25, -0.2) is 9.37 Å². The van der Waals surface area contributed by atoms with E-state index < -0.39 is 6.10 Å². The second-order valence-electron chi connectivity index (χ2n) is 5.05. The van der Waals surface area contributed by atoms with Crippen LogP contribution < -0.4 is 0 Å². The predicted octanol–water partition coefficient (Wildman–Crippen LogP) is 3.47. The summed E-state index contributed by atoms with van der Waals surface area (Å²) in [5, 5.41) is 10.4. The Morgan fingerprint density at radius 2 is 1.86 bits per heavy atom. The summed E-state index contributed by atoms with van der Waals surface area (Å²) in [4.78, 5) is 4.58. The minimum absolute atomic E-state index is 0.298. The summed E-state index contributed by atoms with van der Waals surface area (Å²) in [6.07, 6.45) is 0.110. The number of benzene rings is 2. The van der Waals surface area contributed by atoms with E-state index in [1.807, 2.05) is 35.8 Å². The maximum atomic E-state index is 13.0. The van der Waals surface area contributed by atoms with E-state index in [0.29, 0.717) is 12.1 Å². The van der Waals surface area contributed by atoms with Crippen LogP contribution in [0, 0.1) is 5.82 Å². The molecule has 1 N–H and O–H groups in total. The van der Waals surface area contributed by atoms with Gasteiger partial charge in [0.15, 0.2) is 0 Å². The molecule has 3 rings (SSSR count). The molecular formula is C17H17FN2O. The summed E-state index contributed by atoms with van der Waals surface area (Å²) < 4.78 is 15.0. The normalized spacial score (nSPS) is 12.7. The van der Waals surface area contributed by atoms with Gasteiger partial charge in [-0.3, -0.25) is 0 Å². The summed E-state index contributed by atoms with van der Waals surface area (Å²) in [6, 6.07) is 13.8. The highest BCUT2D eigenvalue weighted by Crippen LogP contribution is 2.22. The number of imidazole rings is 1. The van der Waals surface area contributed by atoms with Crippen molar-refractivity contribution in [3.8, 4) is 0 Å². The van der Waals surface area contributed by atoms with E-state index in [-0.39, 0.29) is 5.82 Å². The zero-order valence-electron chi connectivity index (χ0n) is 11.8. The minimum Gasteiger partial charge on any atom is -0.387 e. The van der Waals surface area contributed by atoms with Gasteiger partial charge in [0, 0.05) is 6.42 Å². The maximum Gasteiger partial charge on any atom is 0.123 e. The number of aliphatic hydroxyl groups excluding tert-OH is 1. The van der Waals surface area contributed by atoms with Gasteiger partial charge in [-0.1, -0.05) is 31.2 Å². The van der Waals surface area contributed by atoms with Crippen molar-refractivity contribution in [1.82, 2.24) is 9.55 Å². The molecule has 0 radical (unpaired) electrons. The number of hydrogen-bond acceptors (Lipinski definition) is 2. The average Bonchev–Trinajstić information content (AvgIpc) is 2.86. The second-order valence-corrected chi connectivity index (χ2v) is 5.05. The third kappa shape index (κ3) is 2.67. The number of aromatic nitrogens is 2. The lowest BCUT2D eigenvalue weighted by Gasteiger charge is -2.14. The second kappa shape index (κ2) is 5.66. The Bertz CT molecular complexity index is 749. The first kappa shape index (κ1) is 13.8. The molecule has 3 aromatic rings. The number of nitrogens with zero attached hydrogens (tertiary/aromatic N) is 2. The molecule has 21 heavy (non-hydrogen) atoms. The molecule has 0 spiro atoms. The van der Waals surface area contributed by atoms with Crippen molar-refractivity contribution < 1.29 is 9.50 Å². The van der Waals surface area contributed by atoms with E-state index in [2.05, 4.69) is 4.98 Å². The van der Waals surface area contributed by atoms with Crippen molar-refractivity contribution in [2.45, 2.75) is 26.0 Å². The standard InChI is InChI=1S/C17H17FN2O/c1-2-17-19-14-5-3-4-6-15(14)20(17)11-16(21)12-7-9-13(18)10-8-12/h3-10,16,21H,2,11H2,1H3/t16-/m1/s1. The summed E-state index contributed by atoms with van der Waals surface area (Å²) in [6.45, 7) is 2.46. The van der Waals surface area contributed by atoms with E-state index in [4.69, 9.17) is 0 Å². The molecule has 108 valence electrons. The maximum absolute atomic E-state index is 13.0. The van der Waals surface area contributed by atoms with Crippen molar-refractivity contribution in [1.29, 1.82) is 0 Å². The van der Waals surface area contributed by atoms with E-state index >= 15 is 0 Å². The monoisotopic (exact) mass is 284 g/mol. The molecule has 1 aromatic heterocycles. The van der Waals surface area contributed by atoms with Crippen molar-refractivity contribution in [2.75, 3.05) is 0 Å². The van der Waals surface area contributed by atoms with Crippen molar-refractivity contribution in [3.63, 3.8) is 0 Å². The zero-order chi connectivity index (χ0) is 14.8. The SMILES string of the molecule is CCc1nc2ccccc2n1C[C@@H](O)c1ccc(F)cc1. The molecular weight excluding hydrogens is 267 g/mol. The molecule has 0 aliphatic rings. The highest BCUT2D eigenvalue weighted by atomic mass is 19.1. The predicted molar refractivity (Wildman–Crippen MR) is 80.5 cm³/mol. The molecule has 0 aliphatic carbocycles. The molecule has 0 saturated carbocycles. The number of aryl methyl sites for hydroxylation is 1. The highest BCUT2D eigenvalue weighted by Gasteiger charge is 2.14. The van der Waals surface area contributed by atoms with Crippen LogP contribution in [0.5, 0.6) is 0 Å². The van der Waals surface area contributed by atoms with Gasteiger partial charge in [0.2, 0.25) is 0 Å². The first-order chi connectivity index (χ1) is 10.2. The Morgan fingerprint density at radius 1 is 1.14 bits per heavy atom. The molecule has 1 heterocycles. The number of rotatable bonds is 4. The van der Waals surface area contributed by atoms with E-state index in [0.717, 1.165) is 23.3 Å². The summed E-state index contributed by atoms with van der Waals surface area (Å²) >= 11 is 0. The van der Waals surface area contributed by atoms with Crippen LogP contribution in [-0.4, -0.2) is 14.7 Å². The smallest absolute Gasteiger partial charge is 0.123 e. The molecule has 1 atom stereocenters. The van der Waals surface area contributed by atoms with Gasteiger partial charge in [-0.15, -0.1) is 0 Å². The van der Waals surface area contributed by atoms with Crippen molar-refractivity contribution in [2.24, 2.45) is 0 Å². The van der Waals surface area contributed by atoms with E-state index in [1.54, 1.807) is 12.1 Å². The van der Waals surface area contributed by atoms with Crippen molar-refractivity contribution in [3.05, 3.63) is 65.7 Å². The van der Waals surface area contributed by atoms with Crippen LogP contribution in [0.3, 0.4) is 0 Å². The first-order valence-corrected chi connectivity index (χ1v) is 7.06. The molecule has 0 amide bonds. The van der Waals surface area contributed by atoms with Crippen LogP contribution in [0.2, 0.25) is 0 Å². The Balaban J connectivity index is 1.95. The molecule has 4 heteroatoms. The molecule has 2 aromatic carbocycles. The van der Waals surface area contributed by atoms with E-state index in [1.165, 1.54) is 12.1 Å². The van der Waals surface area contributed by atoms with Gasteiger partial charge in [0.1, 0.15) is 11.6 Å². The number of aliphatic hydroxyl groups is 1. The fourth-order valence-electron chi connectivity index (χ4n) is 2.56. The third-order valence-electron chi connectivity index (χ3n) is 3.66. The molecule has 0 bridgehead atoms. The Hall–Kier alpha value is -2.20. The van der Waals surface area contributed by atoms with Crippen LogP contribution >= 0.6 is 0 Å². The number of para-hydroxylation sites is 2. The zero-order valence-corrected chi connectivity index (χ0v) is 11.8. The fourth-order valence-corrected chi connectivity index (χ4v) is 2.56. The Labute approximate surface area is 122 Å². The van der Waals surface area contributed by atoms with Crippen LogP contribution in [-0.2, 0) is 13.0 Å². The number of hydrogen-bond donors (Lipinski definition) is 1. The third-order valence-corrected chi connectivity index (χ3v) is 3.66. The number of halogens is 1. The topological polar surface area (TPSA) is 38.0 Å². The Morgan fingerprint density at radius 3 is 2.57 bits per heavy atom. The summed E-state index contributed by atoms with van der Waals surface area (Å²) in [5.74, 6) is 0.644. The lowest BCUT2D eigenvalue weighted by molar-refractivity contribution is 0.156.